The fourth-order valence-corrected chi connectivity index (χ4v) is 2.66. The summed E-state index contributed by atoms with van der Waals surface area (Å²) >= 11 is 0. The monoisotopic (exact) mass is 260 g/mol. The fraction of sp³-hybridized carbons (Fsp3) is 0.400. The van der Waals surface area contributed by atoms with E-state index in [4.69, 9.17) is 10.8 Å². The van der Waals surface area contributed by atoms with Crippen LogP contribution in [0.4, 0.5) is 0 Å². The second-order valence-corrected chi connectivity index (χ2v) is 5.04. The highest BCUT2D eigenvalue weighted by molar-refractivity contribution is 5.90. The highest BCUT2D eigenvalue weighted by atomic mass is 16.4. The Labute approximate surface area is 112 Å². The van der Waals surface area contributed by atoms with Crippen molar-refractivity contribution in [2.24, 2.45) is 5.73 Å². The number of carbonyl (C=O) groups is 1. The smallest absolute Gasteiger partial charge is 0.307 e. The average Bonchev–Trinajstić information content (AvgIpc) is 2.63. The number of hydrogen-bond donors (Lipinski definition) is 2. The van der Waals surface area contributed by atoms with Crippen molar-refractivity contribution < 1.29 is 9.90 Å². The largest absolute Gasteiger partial charge is 0.481 e. The number of carboxylic acids is 1. The molecule has 0 amide bonds. The van der Waals surface area contributed by atoms with Gasteiger partial charge in [-0.15, -0.1) is 0 Å². The second kappa shape index (κ2) is 5.45. The van der Waals surface area contributed by atoms with Crippen molar-refractivity contribution in [1.82, 2.24) is 4.57 Å². The Morgan fingerprint density at radius 1 is 1.37 bits per heavy atom. The van der Waals surface area contributed by atoms with Crippen LogP contribution in [0.15, 0.2) is 18.3 Å². The molecule has 19 heavy (non-hydrogen) atoms. The maximum atomic E-state index is 11.0. The Kier molecular flexibility index (Phi) is 3.90. The number of fused-ring (bicyclic) bond motifs is 1. The molecule has 0 unspecified atom stereocenters. The molecule has 0 aliphatic carbocycles. The van der Waals surface area contributed by atoms with E-state index in [0.717, 1.165) is 35.0 Å². The molecule has 4 heteroatoms. The van der Waals surface area contributed by atoms with Crippen LogP contribution in [0.5, 0.6) is 0 Å². The molecule has 3 N–H and O–H groups in total. The van der Waals surface area contributed by atoms with Gasteiger partial charge in [0.25, 0.3) is 0 Å². The number of benzene rings is 1. The molecular weight excluding hydrogens is 240 g/mol. The van der Waals surface area contributed by atoms with Gasteiger partial charge in [0.2, 0.25) is 0 Å². The number of aryl methyl sites for hydroxylation is 3. The summed E-state index contributed by atoms with van der Waals surface area (Å²) in [5.41, 5.74) is 9.89. The van der Waals surface area contributed by atoms with Crippen molar-refractivity contribution in [3.8, 4) is 0 Å². The van der Waals surface area contributed by atoms with E-state index in [1.807, 2.05) is 13.1 Å². The summed E-state index contributed by atoms with van der Waals surface area (Å²) in [4.78, 5) is 11.0. The minimum absolute atomic E-state index is 0.0655. The zero-order chi connectivity index (χ0) is 14.0. The van der Waals surface area contributed by atoms with Crippen molar-refractivity contribution in [1.29, 1.82) is 0 Å². The van der Waals surface area contributed by atoms with Gasteiger partial charge < -0.3 is 15.4 Å². The molecule has 0 saturated carbocycles. The predicted octanol–water partition coefficient (Wildman–Crippen LogP) is 2.23. The number of rotatable bonds is 5. The summed E-state index contributed by atoms with van der Waals surface area (Å²) in [7, 11) is 0. The Morgan fingerprint density at radius 2 is 2.11 bits per heavy atom. The van der Waals surface area contributed by atoms with Crippen LogP contribution in [-0.4, -0.2) is 22.2 Å². The Bertz CT molecular complexity index is 614. The Hall–Kier alpha value is -1.81. The molecule has 0 aliphatic heterocycles. The van der Waals surface area contributed by atoms with Gasteiger partial charge in [-0.1, -0.05) is 6.07 Å². The SMILES string of the molecule is Cc1cc(C)c2c(CC(=O)O)cn(CCCN)c2c1. The maximum absolute atomic E-state index is 11.0. The molecule has 4 nitrogen and oxygen atoms in total. The van der Waals surface area contributed by atoms with Crippen LogP contribution in [0.1, 0.15) is 23.1 Å². The van der Waals surface area contributed by atoms with Crippen LogP contribution >= 0.6 is 0 Å². The summed E-state index contributed by atoms with van der Waals surface area (Å²) in [5, 5.41) is 10.1. The van der Waals surface area contributed by atoms with Gasteiger partial charge in [0.05, 0.1) is 6.42 Å². The molecule has 2 aromatic rings. The molecule has 0 atom stereocenters. The molecule has 0 bridgehead atoms. The molecule has 1 heterocycles. The molecule has 1 aromatic carbocycles. The van der Waals surface area contributed by atoms with Crippen LogP contribution in [0, 0.1) is 13.8 Å². The molecule has 0 saturated heterocycles. The predicted molar refractivity (Wildman–Crippen MR) is 76.4 cm³/mol. The quantitative estimate of drug-likeness (QED) is 0.866. The molecule has 1 aromatic heterocycles. The van der Waals surface area contributed by atoms with Crippen LogP contribution in [0.2, 0.25) is 0 Å². The molecule has 0 radical (unpaired) electrons. The van der Waals surface area contributed by atoms with E-state index in [0.29, 0.717) is 6.54 Å². The lowest BCUT2D eigenvalue weighted by molar-refractivity contribution is -0.136. The van der Waals surface area contributed by atoms with Crippen molar-refractivity contribution in [2.75, 3.05) is 6.54 Å². The number of aliphatic carboxylic acids is 1. The van der Waals surface area contributed by atoms with E-state index in [-0.39, 0.29) is 6.42 Å². The van der Waals surface area contributed by atoms with Gasteiger partial charge in [0, 0.05) is 23.6 Å². The highest BCUT2D eigenvalue weighted by Gasteiger charge is 2.13. The van der Waals surface area contributed by atoms with Crippen molar-refractivity contribution >= 4 is 16.9 Å². The normalized spacial score (nSPS) is 11.1. The summed E-state index contributed by atoms with van der Waals surface area (Å²) in [6, 6.07) is 4.21. The Balaban J connectivity index is 2.59. The molecule has 102 valence electrons. The number of hydrogen-bond acceptors (Lipinski definition) is 2. The highest BCUT2D eigenvalue weighted by Crippen LogP contribution is 2.27. The van der Waals surface area contributed by atoms with Gasteiger partial charge in [-0.05, 0) is 49.6 Å². The van der Waals surface area contributed by atoms with Gasteiger partial charge in [-0.2, -0.15) is 0 Å². The van der Waals surface area contributed by atoms with Gasteiger partial charge >= 0.3 is 5.97 Å². The molecule has 0 fully saturated rings. The number of aromatic nitrogens is 1. The van der Waals surface area contributed by atoms with E-state index >= 15 is 0 Å². The molecule has 2 rings (SSSR count). The lowest BCUT2D eigenvalue weighted by Crippen LogP contribution is -2.05. The number of nitrogens with two attached hydrogens (primary N) is 1. The third-order valence-electron chi connectivity index (χ3n) is 3.35. The van der Waals surface area contributed by atoms with Crippen LogP contribution in [0.3, 0.4) is 0 Å². The summed E-state index contributed by atoms with van der Waals surface area (Å²) in [6.07, 6.45) is 2.92. The standard InChI is InChI=1S/C15H20N2O2/c1-10-6-11(2)15-12(8-14(18)19)9-17(5-3-4-16)13(15)7-10/h6-7,9H,3-5,8,16H2,1-2H3,(H,18,19). The summed E-state index contributed by atoms with van der Waals surface area (Å²) in [5.74, 6) is -0.794. The van der Waals surface area contributed by atoms with Gasteiger partial charge in [0.1, 0.15) is 0 Å². The van der Waals surface area contributed by atoms with E-state index < -0.39 is 5.97 Å². The molecule has 0 spiro atoms. The lowest BCUT2D eigenvalue weighted by atomic mass is 10.0. The van der Waals surface area contributed by atoms with E-state index in [1.165, 1.54) is 5.56 Å². The minimum atomic E-state index is -0.794. The van der Waals surface area contributed by atoms with Crippen molar-refractivity contribution in [3.63, 3.8) is 0 Å². The van der Waals surface area contributed by atoms with Crippen molar-refractivity contribution in [3.05, 3.63) is 35.0 Å². The summed E-state index contributed by atoms with van der Waals surface area (Å²) in [6.45, 7) is 5.56. The first-order chi connectivity index (χ1) is 9.02. The van der Waals surface area contributed by atoms with E-state index in [9.17, 15) is 4.79 Å². The van der Waals surface area contributed by atoms with Crippen molar-refractivity contribution in [2.45, 2.75) is 33.2 Å². The number of nitrogens with zero attached hydrogens (tertiary/aromatic N) is 1. The Morgan fingerprint density at radius 3 is 2.74 bits per heavy atom. The molecular formula is C15H20N2O2. The second-order valence-electron chi connectivity index (χ2n) is 5.04. The third-order valence-corrected chi connectivity index (χ3v) is 3.35. The summed E-state index contributed by atoms with van der Waals surface area (Å²) < 4.78 is 2.13. The number of carboxylic acid groups (broad SMARTS) is 1. The third kappa shape index (κ3) is 2.79. The van der Waals surface area contributed by atoms with Gasteiger partial charge in [0.15, 0.2) is 0 Å². The van der Waals surface area contributed by atoms with Gasteiger partial charge in [-0.25, -0.2) is 0 Å². The first kappa shape index (κ1) is 13.6. The zero-order valence-corrected chi connectivity index (χ0v) is 11.4. The average molecular weight is 260 g/mol. The zero-order valence-electron chi connectivity index (χ0n) is 11.4. The van der Waals surface area contributed by atoms with Crippen LogP contribution < -0.4 is 5.73 Å². The van der Waals surface area contributed by atoms with Gasteiger partial charge in [-0.3, -0.25) is 4.79 Å². The lowest BCUT2D eigenvalue weighted by Gasteiger charge is -2.06. The topological polar surface area (TPSA) is 68.2 Å². The maximum Gasteiger partial charge on any atom is 0.307 e. The fourth-order valence-electron chi connectivity index (χ4n) is 2.66. The first-order valence-electron chi connectivity index (χ1n) is 6.53. The van der Waals surface area contributed by atoms with Crippen LogP contribution in [0.25, 0.3) is 10.9 Å². The van der Waals surface area contributed by atoms with E-state index in [2.05, 4.69) is 23.6 Å². The van der Waals surface area contributed by atoms with E-state index in [1.54, 1.807) is 0 Å². The van der Waals surface area contributed by atoms with Crippen LogP contribution in [-0.2, 0) is 17.8 Å². The first-order valence-corrected chi connectivity index (χ1v) is 6.53. The minimum Gasteiger partial charge on any atom is -0.481 e. The molecule has 0 aliphatic rings.